The molecule has 11 nitrogen and oxygen atoms in total. The van der Waals surface area contributed by atoms with E-state index in [1.165, 1.54) is 16.6 Å². The molecular formula is C16H9BrN6O5S. The summed E-state index contributed by atoms with van der Waals surface area (Å²) in [6.45, 7) is 0. The van der Waals surface area contributed by atoms with Crippen molar-refractivity contribution in [2.75, 3.05) is 7.11 Å². The predicted octanol–water partition coefficient (Wildman–Crippen LogP) is 4.11. The topological polar surface area (TPSA) is 139 Å². The summed E-state index contributed by atoms with van der Waals surface area (Å²) in [6, 6.07) is 8.70. The molecule has 13 heteroatoms. The fourth-order valence-electron chi connectivity index (χ4n) is 2.64. The van der Waals surface area contributed by atoms with Crippen LogP contribution in [0.15, 0.2) is 40.9 Å². The highest BCUT2D eigenvalue weighted by Crippen LogP contribution is 2.35. The van der Waals surface area contributed by atoms with E-state index >= 15 is 0 Å². The van der Waals surface area contributed by atoms with Crippen LogP contribution < -0.4 is 4.74 Å². The minimum Gasteiger partial charge on any atom is -0.497 e. The van der Waals surface area contributed by atoms with Crippen LogP contribution in [0, 0.1) is 20.2 Å². The van der Waals surface area contributed by atoms with Gasteiger partial charge in [0.25, 0.3) is 11.4 Å². The third-order valence-corrected chi connectivity index (χ3v) is 5.58. The summed E-state index contributed by atoms with van der Waals surface area (Å²) in [5.41, 5.74) is 0.179. The zero-order valence-corrected chi connectivity index (χ0v) is 16.9. The fourth-order valence-corrected chi connectivity index (χ4v) is 4.00. The lowest BCUT2D eigenvalue weighted by molar-refractivity contribution is -0.394. The third kappa shape index (κ3) is 3.40. The zero-order valence-electron chi connectivity index (χ0n) is 14.5. The number of hydrogen-bond acceptors (Lipinski definition) is 9. The molecule has 0 atom stereocenters. The lowest BCUT2D eigenvalue weighted by atomic mass is 10.2. The number of aromatic nitrogens is 4. The Labute approximate surface area is 174 Å². The molecule has 146 valence electrons. The van der Waals surface area contributed by atoms with Gasteiger partial charge in [0.15, 0.2) is 5.82 Å². The van der Waals surface area contributed by atoms with E-state index in [-0.39, 0.29) is 5.56 Å². The van der Waals surface area contributed by atoms with Gasteiger partial charge in [-0.15, -0.1) is 10.2 Å². The minimum atomic E-state index is -0.684. The van der Waals surface area contributed by atoms with Crippen molar-refractivity contribution in [2.45, 2.75) is 0 Å². The number of ether oxygens (including phenoxy) is 1. The van der Waals surface area contributed by atoms with Gasteiger partial charge in [-0.05, 0) is 34.1 Å². The molecule has 4 aromatic rings. The standard InChI is InChI=1S/C16H9BrN6O5S/c1-28-11-2-3-12(13(17)7-11)14-18-19-16-21(14)20-15(29-16)8-4-9(22(24)25)6-10(5-8)23(26)27/h2-7H,1H3. The van der Waals surface area contributed by atoms with Gasteiger partial charge in [-0.2, -0.15) is 9.61 Å². The number of benzene rings is 2. The molecule has 0 aliphatic carbocycles. The highest BCUT2D eigenvalue weighted by atomic mass is 79.9. The molecule has 2 heterocycles. The molecule has 0 saturated heterocycles. The summed E-state index contributed by atoms with van der Waals surface area (Å²) in [5.74, 6) is 1.10. The quantitative estimate of drug-likeness (QED) is 0.309. The van der Waals surface area contributed by atoms with Crippen LogP contribution in [0.2, 0.25) is 0 Å². The van der Waals surface area contributed by atoms with Crippen LogP contribution >= 0.6 is 27.3 Å². The second kappa shape index (κ2) is 7.18. The summed E-state index contributed by atoms with van der Waals surface area (Å²) in [7, 11) is 1.56. The summed E-state index contributed by atoms with van der Waals surface area (Å²) >= 11 is 4.58. The molecule has 29 heavy (non-hydrogen) atoms. The van der Waals surface area contributed by atoms with Crippen molar-refractivity contribution in [1.29, 1.82) is 0 Å². The van der Waals surface area contributed by atoms with Crippen LogP contribution in [0.5, 0.6) is 5.75 Å². The Morgan fingerprint density at radius 3 is 2.34 bits per heavy atom. The lowest BCUT2D eigenvalue weighted by Crippen LogP contribution is -1.95. The third-order valence-electron chi connectivity index (χ3n) is 3.98. The molecule has 4 rings (SSSR count). The zero-order chi connectivity index (χ0) is 20.7. The minimum absolute atomic E-state index is 0.251. The number of non-ortho nitro benzene ring substituents is 2. The molecule has 0 radical (unpaired) electrons. The number of nitro benzene ring substituents is 2. The number of nitrogens with zero attached hydrogens (tertiary/aromatic N) is 6. The average molecular weight is 477 g/mol. The Kier molecular flexibility index (Phi) is 4.68. The van der Waals surface area contributed by atoms with Gasteiger partial charge in [0, 0.05) is 27.7 Å². The Morgan fingerprint density at radius 2 is 1.76 bits per heavy atom. The molecule has 0 N–H and O–H groups in total. The number of nitro groups is 2. The van der Waals surface area contributed by atoms with Crippen LogP contribution in [0.4, 0.5) is 11.4 Å². The second-order valence-electron chi connectivity index (χ2n) is 5.72. The normalized spacial score (nSPS) is 11.0. The first-order valence-electron chi connectivity index (χ1n) is 7.88. The Morgan fingerprint density at radius 1 is 1.07 bits per heavy atom. The first kappa shape index (κ1) is 18.9. The van der Waals surface area contributed by atoms with Gasteiger partial charge in [0.05, 0.1) is 23.0 Å². The number of halogens is 1. The van der Waals surface area contributed by atoms with Crippen LogP contribution in [-0.4, -0.2) is 36.8 Å². The number of fused-ring (bicyclic) bond motifs is 1. The molecular weight excluding hydrogens is 468 g/mol. The smallest absolute Gasteiger partial charge is 0.277 e. The maximum Gasteiger partial charge on any atom is 0.277 e. The van der Waals surface area contributed by atoms with Crippen LogP contribution in [-0.2, 0) is 0 Å². The highest BCUT2D eigenvalue weighted by molar-refractivity contribution is 9.10. The molecule has 0 aliphatic heterocycles. The molecule has 2 aromatic carbocycles. The van der Waals surface area contributed by atoms with Gasteiger partial charge in [-0.25, -0.2) is 0 Å². The van der Waals surface area contributed by atoms with Gasteiger partial charge in [-0.3, -0.25) is 20.2 Å². The summed E-state index contributed by atoms with van der Waals surface area (Å²) < 4.78 is 7.38. The maximum absolute atomic E-state index is 11.1. The van der Waals surface area contributed by atoms with Crippen LogP contribution in [0.3, 0.4) is 0 Å². The van der Waals surface area contributed by atoms with Crippen molar-refractivity contribution >= 4 is 43.6 Å². The number of rotatable bonds is 5. The van der Waals surface area contributed by atoms with Crippen LogP contribution in [0.1, 0.15) is 0 Å². The Bertz CT molecular complexity index is 1250. The SMILES string of the molecule is COc1ccc(-c2nnc3sc(-c4cc([N+](=O)[O-])cc([N+](=O)[O-])c4)nn23)c(Br)c1. The van der Waals surface area contributed by atoms with E-state index in [0.717, 1.165) is 17.4 Å². The van der Waals surface area contributed by atoms with Crippen molar-refractivity contribution in [1.82, 2.24) is 19.8 Å². The maximum atomic E-state index is 11.1. The molecule has 0 saturated carbocycles. The average Bonchev–Trinajstić information content (AvgIpc) is 3.28. The van der Waals surface area contributed by atoms with Crippen molar-refractivity contribution in [3.8, 4) is 27.7 Å². The number of hydrogen-bond donors (Lipinski definition) is 0. The van der Waals surface area contributed by atoms with Crippen molar-refractivity contribution in [3.63, 3.8) is 0 Å². The lowest BCUT2D eigenvalue weighted by Gasteiger charge is -2.04. The first-order chi connectivity index (χ1) is 13.9. The van der Waals surface area contributed by atoms with E-state index in [2.05, 4.69) is 31.2 Å². The van der Waals surface area contributed by atoms with Gasteiger partial charge < -0.3 is 4.74 Å². The van der Waals surface area contributed by atoms with Gasteiger partial charge in [0.2, 0.25) is 4.96 Å². The first-order valence-corrected chi connectivity index (χ1v) is 9.48. The van der Waals surface area contributed by atoms with Crippen molar-refractivity contribution in [2.24, 2.45) is 0 Å². The van der Waals surface area contributed by atoms with E-state index in [0.29, 0.717) is 31.6 Å². The number of methoxy groups -OCH3 is 1. The van der Waals surface area contributed by atoms with E-state index in [1.54, 1.807) is 25.3 Å². The molecule has 0 aliphatic rings. The molecule has 2 aromatic heterocycles. The monoisotopic (exact) mass is 476 g/mol. The Hall–Kier alpha value is -3.45. The summed E-state index contributed by atoms with van der Waals surface area (Å²) in [4.78, 5) is 21.3. The summed E-state index contributed by atoms with van der Waals surface area (Å²) in [5, 5.41) is 35.3. The van der Waals surface area contributed by atoms with Gasteiger partial charge >= 0.3 is 0 Å². The van der Waals surface area contributed by atoms with Gasteiger partial charge in [0.1, 0.15) is 10.8 Å². The second-order valence-corrected chi connectivity index (χ2v) is 7.53. The van der Waals surface area contributed by atoms with Gasteiger partial charge in [-0.1, -0.05) is 11.3 Å². The van der Waals surface area contributed by atoms with Crippen molar-refractivity contribution in [3.05, 3.63) is 61.1 Å². The fraction of sp³-hybridized carbons (Fsp3) is 0.0625. The molecule has 0 amide bonds. The largest absolute Gasteiger partial charge is 0.497 e. The summed E-state index contributed by atoms with van der Waals surface area (Å²) in [6.07, 6.45) is 0. The Balaban J connectivity index is 1.84. The molecule has 0 unspecified atom stereocenters. The van der Waals surface area contributed by atoms with E-state index in [9.17, 15) is 20.2 Å². The van der Waals surface area contributed by atoms with E-state index in [4.69, 9.17) is 4.74 Å². The predicted molar refractivity (Wildman–Crippen MR) is 107 cm³/mol. The molecule has 0 bridgehead atoms. The van der Waals surface area contributed by atoms with Crippen LogP contribution in [0.25, 0.3) is 26.9 Å². The van der Waals surface area contributed by atoms with E-state index < -0.39 is 21.2 Å². The molecule has 0 spiro atoms. The molecule has 0 fully saturated rings. The highest BCUT2D eigenvalue weighted by Gasteiger charge is 2.21. The van der Waals surface area contributed by atoms with E-state index in [1.807, 2.05) is 0 Å². The van der Waals surface area contributed by atoms with Crippen molar-refractivity contribution < 1.29 is 14.6 Å².